The average molecular weight is 304 g/mol. The van der Waals surface area contributed by atoms with Crippen LogP contribution in [0.25, 0.3) is 0 Å². The van der Waals surface area contributed by atoms with Gasteiger partial charge in [0.2, 0.25) is 0 Å². The minimum Gasteiger partial charge on any atom is -0.376 e. The zero-order valence-corrected chi connectivity index (χ0v) is 12.4. The van der Waals surface area contributed by atoms with Crippen LogP contribution in [0.2, 0.25) is 0 Å². The van der Waals surface area contributed by atoms with Crippen molar-refractivity contribution in [1.29, 1.82) is 0 Å². The highest BCUT2D eigenvalue weighted by molar-refractivity contribution is 7.89. The molecule has 1 aromatic heterocycles. The normalized spacial score (nSPS) is 20.2. The third-order valence-electron chi connectivity index (χ3n) is 3.03. The summed E-state index contributed by atoms with van der Waals surface area (Å²) in [6.07, 6.45) is -0.258. The van der Waals surface area contributed by atoms with E-state index in [2.05, 4.69) is 20.2 Å². The first-order valence-electron chi connectivity index (χ1n) is 6.42. The van der Waals surface area contributed by atoms with E-state index in [0.717, 1.165) is 5.69 Å². The minimum atomic E-state index is -3.66. The first kappa shape index (κ1) is 15.4. The standard InChI is InChI=1S/C11H20N4O4S/c1-8-10(6-12-2)11(15-14-8)20(16,17)13-5-9-7-18-3-4-19-9/h9,12-13H,3-7H2,1-2H3,(H,14,15). The Kier molecular flexibility index (Phi) is 5.11. The van der Waals surface area contributed by atoms with Crippen LogP contribution in [0.5, 0.6) is 0 Å². The average Bonchev–Trinajstić information content (AvgIpc) is 2.81. The summed E-state index contributed by atoms with van der Waals surface area (Å²) < 4.78 is 37.7. The Bertz CT molecular complexity index is 537. The second kappa shape index (κ2) is 6.64. The Labute approximate surface area is 118 Å². The molecule has 20 heavy (non-hydrogen) atoms. The van der Waals surface area contributed by atoms with Crippen molar-refractivity contribution < 1.29 is 17.9 Å². The molecule has 0 aromatic carbocycles. The molecule has 0 bridgehead atoms. The van der Waals surface area contributed by atoms with E-state index in [0.29, 0.717) is 31.9 Å². The van der Waals surface area contributed by atoms with Gasteiger partial charge in [0.25, 0.3) is 10.0 Å². The predicted molar refractivity (Wildman–Crippen MR) is 71.8 cm³/mol. The number of sulfonamides is 1. The monoisotopic (exact) mass is 304 g/mol. The highest BCUT2D eigenvalue weighted by Gasteiger charge is 2.25. The van der Waals surface area contributed by atoms with E-state index >= 15 is 0 Å². The summed E-state index contributed by atoms with van der Waals surface area (Å²) in [5, 5.41) is 9.54. The first-order valence-corrected chi connectivity index (χ1v) is 7.90. The highest BCUT2D eigenvalue weighted by atomic mass is 32.2. The zero-order chi connectivity index (χ0) is 14.6. The van der Waals surface area contributed by atoms with Gasteiger partial charge >= 0.3 is 0 Å². The van der Waals surface area contributed by atoms with Gasteiger partial charge < -0.3 is 14.8 Å². The fourth-order valence-corrected chi connectivity index (χ4v) is 3.22. The fraction of sp³-hybridized carbons (Fsp3) is 0.727. The van der Waals surface area contributed by atoms with E-state index in [1.807, 2.05) is 0 Å². The van der Waals surface area contributed by atoms with E-state index in [9.17, 15) is 8.42 Å². The molecule has 1 aliphatic heterocycles. The Hall–Kier alpha value is -1.00. The molecule has 1 aliphatic rings. The molecule has 0 saturated carbocycles. The van der Waals surface area contributed by atoms with E-state index in [1.54, 1.807) is 14.0 Å². The topological polar surface area (TPSA) is 105 Å². The lowest BCUT2D eigenvalue weighted by Crippen LogP contribution is -2.40. The molecule has 1 atom stereocenters. The van der Waals surface area contributed by atoms with Gasteiger partial charge in [-0.2, -0.15) is 5.10 Å². The van der Waals surface area contributed by atoms with E-state index in [4.69, 9.17) is 9.47 Å². The molecule has 1 saturated heterocycles. The second-order valence-electron chi connectivity index (χ2n) is 4.58. The van der Waals surface area contributed by atoms with Gasteiger partial charge in [-0.1, -0.05) is 0 Å². The molecule has 2 heterocycles. The largest absolute Gasteiger partial charge is 0.376 e. The number of rotatable bonds is 6. The SMILES string of the molecule is CNCc1c(S(=O)(=O)NCC2COCCO2)n[nH]c1C. The summed E-state index contributed by atoms with van der Waals surface area (Å²) >= 11 is 0. The number of ether oxygens (including phenoxy) is 2. The van der Waals surface area contributed by atoms with Gasteiger partial charge in [0.15, 0.2) is 5.03 Å². The second-order valence-corrected chi connectivity index (χ2v) is 6.26. The van der Waals surface area contributed by atoms with Crippen LogP contribution in [0.3, 0.4) is 0 Å². The summed E-state index contributed by atoms with van der Waals surface area (Å²) in [5.74, 6) is 0. The van der Waals surface area contributed by atoms with Crippen LogP contribution in [0, 0.1) is 6.92 Å². The maximum Gasteiger partial charge on any atom is 0.260 e. The number of H-pyrrole nitrogens is 1. The van der Waals surface area contributed by atoms with Gasteiger partial charge in [-0.05, 0) is 14.0 Å². The Morgan fingerprint density at radius 3 is 2.90 bits per heavy atom. The third kappa shape index (κ3) is 3.55. The van der Waals surface area contributed by atoms with Crippen molar-refractivity contribution in [1.82, 2.24) is 20.2 Å². The lowest BCUT2D eigenvalue weighted by Gasteiger charge is -2.22. The van der Waals surface area contributed by atoms with Crippen molar-refractivity contribution in [2.75, 3.05) is 33.4 Å². The minimum absolute atomic E-state index is 0.0288. The number of aromatic nitrogens is 2. The maximum absolute atomic E-state index is 12.3. The molecule has 2 rings (SSSR count). The van der Waals surface area contributed by atoms with E-state index < -0.39 is 10.0 Å². The van der Waals surface area contributed by atoms with Gasteiger partial charge in [0, 0.05) is 24.3 Å². The lowest BCUT2D eigenvalue weighted by molar-refractivity contribution is -0.0847. The molecule has 1 fully saturated rings. The van der Waals surface area contributed by atoms with Crippen LogP contribution < -0.4 is 10.0 Å². The van der Waals surface area contributed by atoms with Crippen LogP contribution in [0.15, 0.2) is 5.03 Å². The van der Waals surface area contributed by atoms with Crippen molar-refractivity contribution in [2.45, 2.75) is 24.6 Å². The Morgan fingerprint density at radius 2 is 2.25 bits per heavy atom. The predicted octanol–water partition coefficient (Wildman–Crippen LogP) is -0.869. The molecule has 1 aromatic rings. The number of nitrogens with zero attached hydrogens (tertiary/aromatic N) is 1. The Morgan fingerprint density at radius 1 is 1.45 bits per heavy atom. The maximum atomic E-state index is 12.3. The summed E-state index contributed by atoms with van der Waals surface area (Å²) in [6, 6.07) is 0. The van der Waals surface area contributed by atoms with Crippen molar-refractivity contribution in [2.24, 2.45) is 0 Å². The van der Waals surface area contributed by atoms with E-state index in [1.165, 1.54) is 0 Å². The van der Waals surface area contributed by atoms with Crippen LogP contribution in [0.4, 0.5) is 0 Å². The van der Waals surface area contributed by atoms with Crippen LogP contribution in [0.1, 0.15) is 11.3 Å². The van der Waals surface area contributed by atoms with Gasteiger partial charge in [0.1, 0.15) is 0 Å². The summed E-state index contributed by atoms with van der Waals surface area (Å²) in [7, 11) is -1.91. The molecule has 8 nitrogen and oxygen atoms in total. The summed E-state index contributed by atoms with van der Waals surface area (Å²) in [4.78, 5) is 0. The summed E-state index contributed by atoms with van der Waals surface area (Å²) in [5.41, 5.74) is 1.37. The zero-order valence-electron chi connectivity index (χ0n) is 11.6. The highest BCUT2D eigenvalue weighted by Crippen LogP contribution is 2.16. The third-order valence-corrected chi connectivity index (χ3v) is 4.42. The van der Waals surface area contributed by atoms with Crippen LogP contribution in [-0.2, 0) is 26.0 Å². The number of hydrogen-bond donors (Lipinski definition) is 3. The van der Waals surface area contributed by atoms with Crippen molar-refractivity contribution in [3.63, 3.8) is 0 Å². The molecule has 0 radical (unpaired) electrons. The molecule has 3 N–H and O–H groups in total. The van der Waals surface area contributed by atoms with Crippen LogP contribution >= 0.6 is 0 Å². The molecule has 9 heteroatoms. The number of hydrogen-bond acceptors (Lipinski definition) is 6. The quantitative estimate of drug-likeness (QED) is 0.631. The van der Waals surface area contributed by atoms with Crippen molar-refractivity contribution >= 4 is 10.0 Å². The molecule has 114 valence electrons. The first-order chi connectivity index (χ1) is 9.54. The number of nitrogens with one attached hydrogen (secondary N) is 3. The number of aryl methyl sites for hydroxylation is 1. The molecule has 0 aliphatic carbocycles. The lowest BCUT2D eigenvalue weighted by atomic mass is 10.3. The molecular weight excluding hydrogens is 284 g/mol. The Balaban J connectivity index is 2.05. The molecule has 1 unspecified atom stereocenters. The van der Waals surface area contributed by atoms with Crippen molar-refractivity contribution in [3.05, 3.63) is 11.3 Å². The van der Waals surface area contributed by atoms with Crippen LogP contribution in [-0.4, -0.2) is 58.1 Å². The molecule has 0 amide bonds. The van der Waals surface area contributed by atoms with Gasteiger partial charge in [-0.15, -0.1) is 0 Å². The van der Waals surface area contributed by atoms with Gasteiger partial charge in [0.05, 0.1) is 25.9 Å². The van der Waals surface area contributed by atoms with Gasteiger partial charge in [-0.25, -0.2) is 13.1 Å². The summed E-state index contributed by atoms with van der Waals surface area (Å²) in [6.45, 7) is 3.82. The smallest absolute Gasteiger partial charge is 0.260 e. The molecule has 0 spiro atoms. The van der Waals surface area contributed by atoms with Crippen molar-refractivity contribution in [3.8, 4) is 0 Å². The van der Waals surface area contributed by atoms with E-state index in [-0.39, 0.29) is 17.7 Å². The number of aromatic amines is 1. The van der Waals surface area contributed by atoms with Gasteiger partial charge in [-0.3, -0.25) is 5.10 Å². The fourth-order valence-electron chi connectivity index (χ4n) is 1.96. The molecular formula is C11H20N4O4S.